The largest absolute Gasteiger partial charge is 0.356 e. The van der Waals surface area contributed by atoms with Gasteiger partial charge in [-0.25, -0.2) is 4.99 Å². The Labute approximate surface area is 130 Å². The van der Waals surface area contributed by atoms with Gasteiger partial charge in [0.2, 0.25) is 5.91 Å². The van der Waals surface area contributed by atoms with Crippen LogP contribution in [0.2, 0.25) is 0 Å². The monoisotopic (exact) mass is 298 g/mol. The van der Waals surface area contributed by atoms with Crippen LogP contribution in [0.1, 0.15) is 59.3 Å². The van der Waals surface area contributed by atoms with E-state index in [9.17, 15) is 4.79 Å². The Balaban J connectivity index is 4.26. The molecule has 5 nitrogen and oxygen atoms in total. The standard InChI is InChI=1S/C16H34N4O/c1-6-8-9-10-11-14(3)19-16(17-12-7-2)18-13-15(21)20(4)5/h14H,6-13H2,1-5H3,(H2,17,18,19). The van der Waals surface area contributed by atoms with E-state index in [1.165, 1.54) is 25.7 Å². The fourth-order valence-electron chi connectivity index (χ4n) is 1.87. The van der Waals surface area contributed by atoms with Gasteiger partial charge in [0, 0.05) is 26.7 Å². The average molecular weight is 298 g/mol. The number of aliphatic imine (C=N–C) groups is 1. The molecule has 0 aliphatic rings. The summed E-state index contributed by atoms with van der Waals surface area (Å²) in [7, 11) is 3.50. The lowest BCUT2D eigenvalue weighted by molar-refractivity contribution is -0.127. The van der Waals surface area contributed by atoms with Crippen LogP contribution < -0.4 is 10.6 Å². The van der Waals surface area contributed by atoms with Gasteiger partial charge in [-0.1, -0.05) is 39.5 Å². The van der Waals surface area contributed by atoms with Crippen LogP contribution in [0, 0.1) is 0 Å². The molecule has 0 radical (unpaired) electrons. The van der Waals surface area contributed by atoms with Gasteiger partial charge in [0.25, 0.3) is 0 Å². The van der Waals surface area contributed by atoms with Gasteiger partial charge in [-0.3, -0.25) is 4.79 Å². The van der Waals surface area contributed by atoms with Gasteiger partial charge in [0.15, 0.2) is 5.96 Å². The number of unbranched alkanes of at least 4 members (excludes halogenated alkanes) is 3. The highest BCUT2D eigenvalue weighted by Gasteiger charge is 2.07. The summed E-state index contributed by atoms with van der Waals surface area (Å²) in [5.41, 5.74) is 0. The molecule has 1 unspecified atom stereocenters. The maximum atomic E-state index is 11.6. The van der Waals surface area contributed by atoms with Crippen LogP contribution in [0.3, 0.4) is 0 Å². The number of nitrogens with zero attached hydrogens (tertiary/aromatic N) is 2. The van der Waals surface area contributed by atoms with Gasteiger partial charge in [-0.2, -0.15) is 0 Å². The van der Waals surface area contributed by atoms with Gasteiger partial charge in [0.05, 0.1) is 0 Å². The van der Waals surface area contributed by atoms with Gasteiger partial charge < -0.3 is 15.5 Å². The lowest BCUT2D eigenvalue weighted by Gasteiger charge is -2.18. The summed E-state index contributed by atoms with van der Waals surface area (Å²) in [4.78, 5) is 17.5. The first-order valence-corrected chi connectivity index (χ1v) is 8.26. The van der Waals surface area contributed by atoms with E-state index in [0.29, 0.717) is 6.04 Å². The fourth-order valence-corrected chi connectivity index (χ4v) is 1.87. The molecule has 5 heteroatoms. The molecular weight excluding hydrogens is 264 g/mol. The molecule has 1 amide bonds. The molecule has 0 aromatic heterocycles. The Morgan fingerprint density at radius 2 is 1.86 bits per heavy atom. The van der Waals surface area contributed by atoms with Crippen LogP contribution in [0.15, 0.2) is 4.99 Å². The molecule has 0 saturated heterocycles. The van der Waals surface area contributed by atoms with Crippen molar-refractivity contribution in [2.24, 2.45) is 4.99 Å². The first-order chi connectivity index (χ1) is 10.0. The van der Waals surface area contributed by atoms with E-state index < -0.39 is 0 Å². The second kappa shape index (κ2) is 12.5. The van der Waals surface area contributed by atoms with Crippen LogP contribution in [-0.2, 0) is 4.79 Å². The summed E-state index contributed by atoms with van der Waals surface area (Å²) in [6.07, 6.45) is 7.26. The summed E-state index contributed by atoms with van der Waals surface area (Å²) >= 11 is 0. The number of hydrogen-bond acceptors (Lipinski definition) is 2. The van der Waals surface area contributed by atoms with Gasteiger partial charge in [0.1, 0.15) is 6.54 Å². The van der Waals surface area contributed by atoms with E-state index >= 15 is 0 Å². The SMILES string of the molecule is CCCCCCC(C)NC(=NCC(=O)N(C)C)NCCC. The predicted molar refractivity (Wildman–Crippen MR) is 90.6 cm³/mol. The van der Waals surface area contributed by atoms with Crippen molar-refractivity contribution in [2.45, 2.75) is 65.3 Å². The number of amides is 1. The number of likely N-dealkylation sites (N-methyl/N-ethyl adjacent to an activating group) is 1. The predicted octanol–water partition coefficient (Wildman–Crippen LogP) is 2.38. The number of rotatable bonds is 10. The summed E-state index contributed by atoms with van der Waals surface area (Å²) in [6.45, 7) is 7.56. The fraction of sp³-hybridized carbons (Fsp3) is 0.875. The number of nitrogens with one attached hydrogen (secondary N) is 2. The first-order valence-electron chi connectivity index (χ1n) is 8.26. The minimum atomic E-state index is 0.0168. The lowest BCUT2D eigenvalue weighted by atomic mass is 10.1. The average Bonchev–Trinajstić information content (AvgIpc) is 2.45. The minimum Gasteiger partial charge on any atom is -0.356 e. The molecule has 1 atom stereocenters. The van der Waals surface area contributed by atoms with E-state index in [4.69, 9.17) is 0 Å². The van der Waals surface area contributed by atoms with Gasteiger partial charge in [-0.05, 0) is 19.8 Å². The van der Waals surface area contributed by atoms with Crippen molar-refractivity contribution in [3.8, 4) is 0 Å². The smallest absolute Gasteiger partial charge is 0.243 e. The molecule has 0 spiro atoms. The zero-order valence-corrected chi connectivity index (χ0v) is 14.5. The third-order valence-corrected chi connectivity index (χ3v) is 3.29. The topological polar surface area (TPSA) is 56.7 Å². The number of carbonyl (C=O) groups excluding carboxylic acids is 1. The number of hydrogen-bond donors (Lipinski definition) is 2. The zero-order valence-electron chi connectivity index (χ0n) is 14.5. The molecule has 2 N–H and O–H groups in total. The van der Waals surface area contributed by atoms with Crippen LogP contribution >= 0.6 is 0 Å². The van der Waals surface area contributed by atoms with E-state index in [-0.39, 0.29) is 12.5 Å². The molecule has 0 fully saturated rings. The Morgan fingerprint density at radius 1 is 1.14 bits per heavy atom. The Hall–Kier alpha value is -1.26. The Kier molecular flexibility index (Phi) is 11.7. The first kappa shape index (κ1) is 19.7. The zero-order chi connectivity index (χ0) is 16.1. The molecule has 0 rings (SSSR count). The van der Waals surface area contributed by atoms with Crippen molar-refractivity contribution in [1.82, 2.24) is 15.5 Å². The minimum absolute atomic E-state index is 0.0168. The van der Waals surface area contributed by atoms with Crippen LogP contribution in [0.25, 0.3) is 0 Å². The quantitative estimate of drug-likeness (QED) is 0.370. The van der Waals surface area contributed by atoms with Crippen molar-refractivity contribution in [1.29, 1.82) is 0 Å². The molecule has 0 heterocycles. The van der Waals surface area contributed by atoms with Crippen molar-refractivity contribution in [2.75, 3.05) is 27.2 Å². The highest BCUT2D eigenvalue weighted by atomic mass is 16.2. The molecule has 0 aromatic rings. The van der Waals surface area contributed by atoms with E-state index in [1.54, 1.807) is 19.0 Å². The lowest BCUT2D eigenvalue weighted by Crippen LogP contribution is -2.43. The normalized spacial score (nSPS) is 12.9. The number of guanidine groups is 1. The molecule has 0 bridgehead atoms. The third-order valence-electron chi connectivity index (χ3n) is 3.29. The second-order valence-corrected chi connectivity index (χ2v) is 5.77. The molecule has 0 saturated carbocycles. The third kappa shape index (κ3) is 11.1. The summed E-state index contributed by atoms with van der Waals surface area (Å²) in [5, 5.41) is 6.66. The van der Waals surface area contributed by atoms with Gasteiger partial charge in [-0.15, -0.1) is 0 Å². The Morgan fingerprint density at radius 3 is 2.43 bits per heavy atom. The van der Waals surface area contributed by atoms with Crippen molar-refractivity contribution >= 4 is 11.9 Å². The molecule has 21 heavy (non-hydrogen) atoms. The van der Waals surface area contributed by atoms with Crippen LogP contribution in [0.4, 0.5) is 0 Å². The highest BCUT2D eigenvalue weighted by Crippen LogP contribution is 2.05. The van der Waals surface area contributed by atoms with Crippen LogP contribution in [-0.4, -0.2) is 50.0 Å². The van der Waals surface area contributed by atoms with Crippen molar-refractivity contribution in [3.63, 3.8) is 0 Å². The maximum absolute atomic E-state index is 11.6. The summed E-state index contributed by atoms with van der Waals surface area (Å²) in [6, 6.07) is 0.374. The molecule has 0 aliphatic carbocycles. The maximum Gasteiger partial charge on any atom is 0.243 e. The van der Waals surface area contributed by atoms with Gasteiger partial charge >= 0.3 is 0 Å². The summed E-state index contributed by atoms with van der Waals surface area (Å²) < 4.78 is 0. The number of carbonyl (C=O) groups is 1. The van der Waals surface area contributed by atoms with E-state index in [2.05, 4.69) is 36.4 Å². The van der Waals surface area contributed by atoms with Crippen LogP contribution in [0.5, 0.6) is 0 Å². The van der Waals surface area contributed by atoms with Crippen molar-refractivity contribution < 1.29 is 4.79 Å². The molecule has 0 aliphatic heterocycles. The highest BCUT2D eigenvalue weighted by molar-refractivity contribution is 5.84. The van der Waals surface area contributed by atoms with E-state index in [1.807, 2.05) is 0 Å². The molecular formula is C16H34N4O. The second-order valence-electron chi connectivity index (χ2n) is 5.77. The molecule has 0 aromatic carbocycles. The summed E-state index contributed by atoms with van der Waals surface area (Å²) in [5.74, 6) is 0.762. The molecule has 124 valence electrons. The van der Waals surface area contributed by atoms with E-state index in [0.717, 1.165) is 25.3 Å². The van der Waals surface area contributed by atoms with Crippen molar-refractivity contribution in [3.05, 3.63) is 0 Å². The Bertz CT molecular complexity index is 303.